The molecule has 5 nitrogen and oxygen atoms in total. The van der Waals surface area contributed by atoms with E-state index < -0.39 is 5.97 Å². The Morgan fingerprint density at radius 3 is 2.64 bits per heavy atom. The van der Waals surface area contributed by atoms with E-state index >= 15 is 0 Å². The molecular weight excluding hydrogens is 320 g/mol. The summed E-state index contributed by atoms with van der Waals surface area (Å²) in [7, 11) is 1.84. The van der Waals surface area contributed by atoms with E-state index in [-0.39, 0.29) is 12.4 Å². The standard InChI is InChI=1S/C15H14N2O3S2/c1-8-4-5-12(21-8)11(18)7-20-15(19)13-6-10-9(2)16-17(3)14(10)22-13/h4-6H,7H2,1-3H3. The lowest BCUT2D eigenvalue weighted by Gasteiger charge is -2.01. The van der Waals surface area contributed by atoms with Crippen molar-refractivity contribution in [2.24, 2.45) is 7.05 Å². The van der Waals surface area contributed by atoms with Crippen LogP contribution in [0, 0.1) is 13.8 Å². The fraction of sp³-hybridized carbons (Fsp3) is 0.267. The zero-order valence-electron chi connectivity index (χ0n) is 12.4. The Bertz CT molecular complexity index is 838. The van der Waals surface area contributed by atoms with Crippen LogP contribution in [-0.4, -0.2) is 28.1 Å². The molecule has 0 aromatic carbocycles. The molecule has 0 saturated carbocycles. The van der Waals surface area contributed by atoms with Gasteiger partial charge in [0, 0.05) is 17.3 Å². The summed E-state index contributed by atoms with van der Waals surface area (Å²) in [5, 5.41) is 5.23. The summed E-state index contributed by atoms with van der Waals surface area (Å²) in [6.07, 6.45) is 0. The number of hydrogen-bond acceptors (Lipinski definition) is 6. The number of Topliss-reactive ketones (excluding diaryl/α,β-unsaturated/α-hetero) is 1. The van der Waals surface area contributed by atoms with Crippen molar-refractivity contribution in [1.82, 2.24) is 9.78 Å². The van der Waals surface area contributed by atoms with Gasteiger partial charge in [-0.1, -0.05) is 0 Å². The molecule has 0 atom stereocenters. The van der Waals surface area contributed by atoms with E-state index in [2.05, 4.69) is 5.10 Å². The van der Waals surface area contributed by atoms with Crippen LogP contribution in [-0.2, 0) is 11.8 Å². The topological polar surface area (TPSA) is 61.2 Å². The Kier molecular flexibility index (Phi) is 3.84. The Morgan fingerprint density at radius 2 is 2.00 bits per heavy atom. The van der Waals surface area contributed by atoms with Gasteiger partial charge in [-0.05, 0) is 32.0 Å². The van der Waals surface area contributed by atoms with Gasteiger partial charge in [0.1, 0.15) is 9.71 Å². The second kappa shape index (κ2) is 5.66. The maximum atomic E-state index is 12.1. The fourth-order valence-electron chi connectivity index (χ4n) is 2.16. The first-order chi connectivity index (χ1) is 10.5. The van der Waals surface area contributed by atoms with Crippen molar-refractivity contribution in [3.05, 3.63) is 38.5 Å². The third-order valence-corrected chi connectivity index (χ3v) is 5.47. The first-order valence-electron chi connectivity index (χ1n) is 6.65. The molecule has 22 heavy (non-hydrogen) atoms. The second-order valence-corrected chi connectivity index (χ2v) is 7.27. The van der Waals surface area contributed by atoms with Crippen LogP contribution in [0.1, 0.15) is 29.9 Å². The molecule has 0 spiro atoms. The van der Waals surface area contributed by atoms with Gasteiger partial charge in [0.15, 0.2) is 6.61 Å². The second-order valence-electron chi connectivity index (χ2n) is 4.95. The van der Waals surface area contributed by atoms with Gasteiger partial charge in [0.2, 0.25) is 5.78 Å². The molecule has 3 aromatic heterocycles. The van der Waals surface area contributed by atoms with Crippen LogP contribution in [0.2, 0.25) is 0 Å². The molecule has 0 radical (unpaired) electrons. The van der Waals surface area contributed by atoms with Crippen LogP contribution in [0.5, 0.6) is 0 Å². The van der Waals surface area contributed by atoms with E-state index in [1.165, 1.54) is 22.7 Å². The molecule has 0 bridgehead atoms. The van der Waals surface area contributed by atoms with E-state index in [0.29, 0.717) is 9.75 Å². The van der Waals surface area contributed by atoms with Gasteiger partial charge >= 0.3 is 5.97 Å². The average molecular weight is 334 g/mol. The molecule has 0 amide bonds. The summed E-state index contributed by atoms with van der Waals surface area (Å²) < 4.78 is 6.87. The van der Waals surface area contributed by atoms with Crippen molar-refractivity contribution in [2.75, 3.05) is 6.61 Å². The third kappa shape index (κ3) is 2.69. The van der Waals surface area contributed by atoms with E-state index in [9.17, 15) is 9.59 Å². The molecule has 0 aliphatic carbocycles. The summed E-state index contributed by atoms with van der Waals surface area (Å²) in [6.45, 7) is 3.60. The van der Waals surface area contributed by atoms with Crippen LogP contribution < -0.4 is 0 Å². The lowest BCUT2D eigenvalue weighted by molar-refractivity contribution is 0.0481. The van der Waals surface area contributed by atoms with Gasteiger partial charge < -0.3 is 4.74 Å². The van der Waals surface area contributed by atoms with E-state index in [0.717, 1.165) is 20.8 Å². The summed E-state index contributed by atoms with van der Waals surface area (Å²) in [5.41, 5.74) is 0.873. The highest BCUT2D eigenvalue weighted by Crippen LogP contribution is 2.28. The molecule has 114 valence electrons. The predicted molar refractivity (Wildman–Crippen MR) is 87.0 cm³/mol. The Balaban J connectivity index is 1.70. The lowest BCUT2D eigenvalue weighted by atomic mass is 10.3. The van der Waals surface area contributed by atoms with Crippen LogP contribution in [0.4, 0.5) is 0 Å². The average Bonchev–Trinajstić information content (AvgIpc) is 3.15. The van der Waals surface area contributed by atoms with Gasteiger partial charge in [-0.25, -0.2) is 4.79 Å². The summed E-state index contributed by atoms with van der Waals surface area (Å²) >= 11 is 2.72. The van der Waals surface area contributed by atoms with E-state index in [4.69, 9.17) is 4.74 Å². The van der Waals surface area contributed by atoms with Gasteiger partial charge in [-0.2, -0.15) is 5.10 Å². The zero-order chi connectivity index (χ0) is 15.9. The van der Waals surface area contributed by atoms with Gasteiger partial charge in [0.05, 0.1) is 10.6 Å². The number of esters is 1. The Labute approximate surface area is 135 Å². The maximum absolute atomic E-state index is 12.1. The minimum absolute atomic E-state index is 0.176. The highest BCUT2D eigenvalue weighted by molar-refractivity contribution is 7.20. The molecule has 3 rings (SSSR count). The Hall–Kier alpha value is -1.99. The first kappa shape index (κ1) is 14.9. The summed E-state index contributed by atoms with van der Waals surface area (Å²) in [4.78, 5) is 27.1. The Morgan fingerprint density at radius 1 is 1.23 bits per heavy atom. The number of hydrogen-bond donors (Lipinski definition) is 0. The third-order valence-electron chi connectivity index (χ3n) is 3.25. The molecule has 0 unspecified atom stereocenters. The maximum Gasteiger partial charge on any atom is 0.348 e. The van der Waals surface area contributed by atoms with E-state index in [1.807, 2.05) is 27.0 Å². The van der Waals surface area contributed by atoms with E-state index in [1.54, 1.807) is 16.8 Å². The zero-order valence-corrected chi connectivity index (χ0v) is 14.0. The minimum Gasteiger partial charge on any atom is -0.453 e. The van der Waals surface area contributed by atoms with Crippen LogP contribution in [0.15, 0.2) is 18.2 Å². The minimum atomic E-state index is -0.470. The molecule has 0 saturated heterocycles. The number of carbonyl (C=O) groups is 2. The predicted octanol–water partition coefficient (Wildman–Crippen LogP) is 3.35. The first-order valence-corrected chi connectivity index (χ1v) is 8.29. The monoisotopic (exact) mass is 334 g/mol. The van der Waals surface area contributed by atoms with Crippen LogP contribution in [0.25, 0.3) is 10.2 Å². The normalized spacial score (nSPS) is 11.0. The number of nitrogens with zero attached hydrogens (tertiary/aromatic N) is 2. The smallest absolute Gasteiger partial charge is 0.348 e. The van der Waals surface area contributed by atoms with Gasteiger partial charge in [-0.15, -0.1) is 22.7 Å². The van der Waals surface area contributed by atoms with Gasteiger partial charge in [-0.3, -0.25) is 9.48 Å². The fourth-order valence-corrected chi connectivity index (χ4v) is 3.97. The van der Waals surface area contributed by atoms with Gasteiger partial charge in [0.25, 0.3) is 0 Å². The largest absolute Gasteiger partial charge is 0.453 e. The molecule has 0 fully saturated rings. The highest BCUT2D eigenvalue weighted by atomic mass is 32.1. The number of ketones is 1. The van der Waals surface area contributed by atoms with Crippen molar-refractivity contribution in [2.45, 2.75) is 13.8 Å². The number of ether oxygens (including phenoxy) is 1. The highest BCUT2D eigenvalue weighted by Gasteiger charge is 2.18. The van der Waals surface area contributed by atoms with Crippen molar-refractivity contribution in [1.29, 1.82) is 0 Å². The molecule has 3 aromatic rings. The molecular formula is C15H14N2O3S2. The lowest BCUT2D eigenvalue weighted by Crippen LogP contribution is -2.12. The number of fused-ring (bicyclic) bond motifs is 1. The molecule has 3 heterocycles. The quantitative estimate of drug-likeness (QED) is 0.542. The van der Waals surface area contributed by atoms with Crippen molar-refractivity contribution < 1.29 is 14.3 Å². The number of thiophene rings is 2. The van der Waals surface area contributed by atoms with Crippen LogP contribution >= 0.6 is 22.7 Å². The molecule has 0 N–H and O–H groups in total. The summed E-state index contributed by atoms with van der Waals surface area (Å²) in [6, 6.07) is 5.40. The number of aromatic nitrogens is 2. The number of aryl methyl sites for hydroxylation is 3. The SMILES string of the molecule is Cc1ccc(C(=O)COC(=O)c2cc3c(C)nn(C)c3s2)s1. The van der Waals surface area contributed by atoms with Crippen molar-refractivity contribution in [3.63, 3.8) is 0 Å². The summed E-state index contributed by atoms with van der Waals surface area (Å²) in [5.74, 6) is -0.646. The molecule has 7 heteroatoms. The van der Waals surface area contributed by atoms with Crippen molar-refractivity contribution >= 4 is 44.6 Å². The van der Waals surface area contributed by atoms with Crippen molar-refractivity contribution in [3.8, 4) is 0 Å². The molecule has 0 aliphatic heterocycles. The van der Waals surface area contributed by atoms with Crippen LogP contribution in [0.3, 0.4) is 0 Å². The molecule has 0 aliphatic rings. The number of carbonyl (C=O) groups excluding carboxylic acids is 2. The number of rotatable bonds is 4.